The lowest BCUT2D eigenvalue weighted by Crippen LogP contribution is -2.10. The van der Waals surface area contributed by atoms with Crippen LogP contribution < -0.4 is 11.5 Å². The van der Waals surface area contributed by atoms with Crippen LogP contribution in [0.15, 0.2) is 12.1 Å². The van der Waals surface area contributed by atoms with Crippen molar-refractivity contribution < 1.29 is 9.50 Å². The van der Waals surface area contributed by atoms with Crippen molar-refractivity contribution in [2.75, 3.05) is 5.73 Å². The molecule has 0 saturated carbocycles. The van der Waals surface area contributed by atoms with Crippen molar-refractivity contribution >= 4 is 5.69 Å². The molecule has 1 aromatic carbocycles. The number of aromatic hydroxyl groups is 1. The fourth-order valence-electron chi connectivity index (χ4n) is 1.14. The average Bonchev–Trinajstić information content (AvgIpc) is 2.10. The van der Waals surface area contributed by atoms with Gasteiger partial charge in [0.25, 0.3) is 0 Å². The first kappa shape index (κ1) is 9.80. The van der Waals surface area contributed by atoms with Crippen molar-refractivity contribution in [2.24, 2.45) is 5.73 Å². The second-order valence-corrected chi connectivity index (χ2v) is 2.95. The number of nitrogens with two attached hydrogens (primary N) is 2. The SMILES string of the molecule is CCC(N)c1cc(F)cc(N)c1O. The van der Waals surface area contributed by atoms with E-state index in [1.165, 1.54) is 6.07 Å². The van der Waals surface area contributed by atoms with Gasteiger partial charge in [-0.3, -0.25) is 0 Å². The Morgan fingerprint density at radius 2 is 2.15 bits per heavy atom. The third-order valence-corrected chi connectivity index (χ3v) is 1.97. The zero-order chi connectivity index (χ0) is 10.0. The van der Waals surface area contributed by atoms with Crippen LogP contribution in [0.2, 0.25) is 0 Å². The highest BCUT2D eigenvalue weighted by Gasteiger charge is 2.12. The third kappa shape index (κ3) is 1.89. The summed E-state index contributed by atoms with van der Waals surface area (Å²) >= 11 is 0. The molecule has 0 radical (unpaired) electrons. The molecule has 0 aromatic heterocycles. The summed E-state index contributed by atoms with van der Waals surface area (Å²) in [5, 5.41) is 9.45. The molecule has 1 aromatic rings. The summed E-state index contributed by atoms with van der Waals surface area (Å²) in [7, 11) is 0. The molecule has 0 spiro atoms. The van der Waals surface area contributed by atoms with E-state index < -0.39 is 5.82 Å². The van der Waals surface area contributed by atoms with Crippen LogP contribution >= 0.6 is 0 Å². The summed E-state index contributed by atoms with van der Waals surface area (Å²) in [6.07, 6.45) is 0.621. The Labute approximate surface area is 76.2 Å². The van der Waals surface area contributed by atoms with Gasteiger partial charge in [-0.2, -0.15) is 0 Å². The maximum absolute atomic E-state index is 12.9. The number of benzene rings is 1. The van der Waals surface area contributed by atoms with E-state index in [2.05, 4.69) is 0 Å². The molecule has 1 unspecified atom stereocenters. The van der Waals surface area contributed by atoms with Gasteiger partial charge in [0.1, 0.15) is 11.6 Å². The molecule has 72 valence electrons. The largest absolute Gasteiger partial charge is 0.505 e. The van der Waals surface area contributed by atoms with Crippen molar-refractivity contribution in [2.45, 2.75) is 19.4 Å². The predicted molar refractivity (Wildman–Crippen MR) is 49.7 cm³/mol. The number of anilines is 1. The molecule has 0 bridgehead atoms. The standard InChI is InChI=1S/C9H13FN2O/c1-2-7(11)6-3-5(10)4-8(12)9(6)13/h3-4,7,13H,2,11-12H2,1H3. The van der Waals surface area contributed by atoms with E-state index in [-0.39, 0.29) is 17.5 Å². The minimum Gasteiger partial charge on any atom is -0.505 e. The molecule has 4 heteroatoms. The second-order valence-electron chi connectivity index (χ2n) is 2.95. The van der Waals surface area contributed by atoms with E-state index in [9.17, 15) is 9.50 Å². The lowest BCUT2D eigenvalue weighted by Gasteiger charge is -2.12. The molecule has 0 aliphatic carbocycles. The van der Waals surface area contributed by atoms with Gasteiger partial charge >= 0.3 is 0 Å². The monoisotopic (exact) mass is 184 g/mol. The first-order valence-electron chi connectivity index (χ1n) is 4.09. The van der Waals surface area contributed by atoms with Gasteiger partial charge in [0, 0.05) is 17.7 Å². The number of phenols is 1. The highest BCUT2D eigenvalue weighted by Crippen LogP contribution is 2.31. The van der Waals surface area contributed by atoms with Gasteiger partial charge in [-0.1, -0.05) is 6.92 Å². The van der Waals surface area contributed by atoms with E-state index in [1.54, 1.807) is 0 Å². The zero-order valence-electron chi connectivity index (χ0n) is 7.42. The summed E-state index contributed by atoms with van der Waals surface area (Å²) < 4.78 is 12.9. The van der Waals surface area contributed by atoms with Gasteiger partial charge in [-0.05, 0) is 12.5 Å². The molecule has 0 aliphatic rings. The van der Waals surface area contributed by atoms with Crippen LogP contribution in [0.25, 0.3) is 0 Å². The van der Waals surface area contributed by atoms with Gasteiger partial charge in [0.05, 0.1) is 5.69 Å². The lowest BCUT2D eigenvalue weighted by atomic mass is 10.0. The molecule has 0 saturated heterocycles. The smallest absolute Gasteiger partial charge is 0.143 e. The summed E-state index contributed by atoms with van der Waals surface area (Å²) in [6.45, 7) is 1.85. The number of nitrogen functional groups attached to an aromatic ring is 1. The fraction of sp³-hybridized carbons (Fsp3) is 0.333. The summed E-state index contributed by atoms with van der Waals surface area (Å²) in [5.74, 6) is -0.593. The Balaban J connectivity index is 3.20. The van der Waals surface area contributed by atoms with E-state index in [4.69, 9.17) is 11.5 Å². The van der Waals surface area contributed by atoms with E-state index in [1.807, 2.05) is 6.92 Å². The molecule has 0 heterocycles. The van der Waals surface area contributed by atoms with Gasteiger partial charge in [0.15, 0.2) is 0 Å². The van der Waals surface area contributed by atoms with Crippen molar-refractivity contribution in [3.63, 3.8) is 0 Å². The van der Waals surface area contributed by atoms with Crippen molar-refractivity contribution in [1.29, 1.82) is 0 Å². The van der Waals surface area contributed by atoms with Crippen LogP contribution in [0, 0.1) is 5.82 Å². The molecule has 0 aliphatic heterocycles. The first-order valence-corrected chi connectivity index (χ1v) is 4.09. The Morgan fingerprint density at radius 3 is 2.69 bits per heavy atom. The summed E-state index contributed by atoms with van der Waals surface area (Å²) in [5.41, 5.74) is 11.4. The van der Waals surface area contributed by atoms with Crippen LogP contribution in [-0.4, -0.2) is 5.11 Å². The Kier molecular flexibility index (Phi) is 2.72. The second kappa shape index (κ2) is 3.62. The zero-order valence-corrected chi connectivity index (χ0v) is 7.42. The molecular formula is C9H13FN2O. The minimum absolute atomic E-state index is 0.0268. The topological polar surface area (TPSA) is 72.3 Å². The molecule has 3 nitrogen and oxygen atoms in total. The highest BCUT2D eigenvalue weighted by molar-refractivity contribution is 5.56. The van der Waals surface area contributed by atoms with Gasteiger partial charge in [0.2, 0.25) is 0 Å². The molecule has 1 atom stereocenters. The number of phenolic OH excluding ortho intramolecular Hbond substituents is 1. The normalized spacial score (nSPS) is 12.8. The van der Waals surface area contributed by atoms with Crippen LogP contribution in [0.4, 0.5) is 10.1 Å². The van der Waals surface area contributed by atoms with Crippen molar-refractivity contribution in [1.82, 2.24) is 0 Å². The van der Waals surface area contributed by atoms with Crippen LogP contribution in [0.1, 0.15) is 24.9 Å². The molecule has 5 N–H and O–H groups in total. The summed E-state index contributed by atoms with van der Waals surface area (Å²) in [4.78, 5) is 0. The minimum atomic E-state index is -0.478. The average molecular weight is 184 g/mol. The van der Waals surface area contributed by atoms with Crippen LogP contribution in [0.3, 0.4) is 0 Å². The van der Waals surface area contributed by atoms with Crippen LogP contribution in [0.5, 0.6) is 5.75 Å². The van der Waals surface area contributed by atoms with Crippen LogP contribution in [-0.2, 0) is 0 Å². The molecular weight excluding hydrogens is 171 g/mol. The van der Waals surface area contributed by atoms with Crippen molar-refractivity contribution in [3.05, 3.63) is 23.5 Å². The maximum Gasteiger partial charge on any atom is 0.143 e. The lowest BCUT2D eigenvalue weighted by molar-refractivity contribution is 0.460. The molecule has 0 fully saturated rings. The van der Waals surface area contributed by atoms with E-state index >= 15 is 0 Å². The Bertz CT molecular complexity index is 315. The number of halogens is 1. The van der Waals surface area contributed by atoms with Gasteiger partial charge < -0.3 is 16.6 Å². The molecule has 0 amide bonds. The molecule has 1 rings (SSSR count). The fourth-order valence-corrected chi connectivity index (χ4v) is 1.14. The van der Waals surface area contributed by atoms with Gasteiger partial charge in [-0.15, -0.1) is 0 Å². The molecule has 13 heavy (non-hydrogen) atoms. The third-order valence-electron chi connectivity index (χ3n) is 1.97. The van der Waals surface area contributed by atoms with E-state index in [0.29, 0.717) is 12.0 Å². The van der Waals surface area contributed by atoms with E-state index in [0.717, 1.165) is 6.07 Å². The number of hydrogen-bond donors (Lipinski definition) is 3. The number of hydrogen-bond acceptors (Lipinski definition) is 3. The number of rotatable bonds is 2. The Morgan fingerprint density at radius 1 is 1.54 bits per heavy atom. The van der Waals surface area contributed by atoms with Gasteiger partial charge in [-0.25, -0.2) is 4.39 Å². The Hall–Kier alpha value is -1.29. The summed E-state index contributed by atoms with van der Waals surface area (Å²) in [6, 6.07) is 1.90. The van der Waals surface area contributed by atoms with Crippen molar-refractivity contribution in [3.8, 4) is 5.75 Å². The quantitative estimate of drug-likeness (QED) is 0.482. The maximum atomic E-state index is 12.9. The predicted octanol–water partition coefficient (Wildman–Crippen LogP) is 1.52. The first-order chi connectivity index (χ1) is 6.06. The highest BCUT2D eigenvalue weighted by atomic mass is 19.1.